The van der Waals surface area contributed by atoms with E-state index in [4.69, 9.17) is 26.8 Å². The number of nitrogens with two attached hydrogens (primary N) is 1. The van der Waals surface area contributed by atoms with Gasteiger partial charge in [-0.3, -0.25) is 4.79 Å². The van der Waals surface area contributed by atoms with Gasteiger partial charge in [0.25, 0.3) is 5.91 Å². The molecule has 0 fully saturated rings. The number of benzene rings is 2. The Morgan fingerprint density at radius 2 is 1.90 bits per heavy atom. The van der Waals surface area contributed by atoms with Crippen LogP contribution in [0, 0.1) is 0 Å². The van der Waals surface area contributed by atoms with Crippen molar-refractivity contribution in [3.05, 3.63) is 58.6 Å². The largest absolute Gasteiger partial charge is 0.493 e. The van der Waals surface area contributed by atoms with Gasteiger partial charge in [-0.25, -0.2) is 0 Å². The standard InChI is InChI=1S/C16H16ClNO3/c1-2-20-14-6-4-3-5-11(14)10-21-15-8-7-12(17)9-13(15)16(18)19/h3-9H,2,10H2,1H3,(H2,18,19). The van der Waals surface area contributed by atoms with Gasteiger partial charge in [-0.05, 0) is 31.2 Å². The molecule has 2 aromatic rings. The van der Waals surface area contributed by atoms with Crippen LogP contribution in [-0.2, 0) is 6.61 Å². The Hall–Kier alpha value is -2.20. The molecule has 0 saturated carbocycles. The first-order valence-corrected chi connectivity index (χ1v) is 6.92. The number of ether oxygens (including phenoxy) is 2. The Morgan fingerprint density at radius 3 is 2.62 bits per heavy atom. The van der Waals surface area contributed by atoms with E-state index in [-0.39, 0.29) is 12.2 Å². The molecule has 0 aliphatic carbocycles. The number of carbonyl (C=O) groups is 1. The summed E-state index contributed by atoms with van der Waals surface area (Å²) in [6.07, 6.45) is 0. The van der Waals surface area contributed by atoms with Gasteiger partial charge in [0.2, 0.25) is 0 Å². The van der Waals surface area contributed by atoms with Gasteiger partial charge in [0.15, 0.2) is 0 Å². The molecule has 0 heterocycles. The highest BCUT2D eigenvalue weighted by atomic mass is 35.5. The van der Waals surface area contributed by atoms with Crippen LogP contribution in [0.15, 0.2) is 42.5 Å². The second-order valence-electron chi connectivity index (χ2n) is 4.33. The summed E-state index contributed by atoms with van der Waals surface area (Å²) in [7, 11) is 0. The zero-order valence-corrected chi connectivity index (χ0v) is 12.4. The molecule has 0 aliphatic heterocycles. The first-order valence-electron chi connectivity index (χ1n) is 6.54. The third-order valence-corrected chi connectivity index (χ3v) is 3.10. The quantitative estimate of drug-likeness (QED) is 0.889. The number of halogens is 1. The van der Waals surface area contributed by atoms with Gasteiger partial charge < -0.3 is 15.2 Å². The molecule has 0 radical (unpaired) electrons. The number of carbonyl (C=O) groups excluding carboxylic acids is 1. The van der Waals surface area contributed by atoms with E-state index in [9.17, 15) is 4.79 Å². The van der Waals surface area contributed by atoms with Crippen molar-refractivity contribution in [3.8, 4) is 11.5 Å². The van der Waals surface area contributed by atoms with Crippen molar-refractivity contribution in [2.75, 3.05) is 6.61 Å². The molecule has 4 nitrogen and oxygen atoms in total. The molecule has 21 heavy (non-hydrogen) atoms. The summed E-state index contributed by atoms with van der Waals surface area (Å²) in [5.41, 5.74) is 6.48. The molecule has 0 aromatic heterocycles. The van der Waals surface area contributed by atoms with Gasteiger partial charge in [0, 0.05) is 10.6 Å². The first-order chi connectivity index (χ1) is 10.1. The van der Waals surface area contributed by atoms with Crippen molar-refractivity contribution in [2.45, 2.75) is 13.5 Å². The number of amides is 1. The van der Waals surface area contributed by atoms with Gasteiger partial charge in [-0.15, -0.1) is 0 Å². The number of para-hydroxylation sites is 1. The first kappa shape index (κ1) is 15.2. The van der Waals surface area contributed by atoms with Crippen LogP contribution >= 0.6 is 11.6 Å². The van der Waals surface area contributed by atoms with Crippen molar-refractivity contribution >= 4 is 17.5 Å². The molecule has 0 aliphatic rings. The maximum absolute atomic E-state index is 11.4. The van der Waals surface area contributed by atoms with Crippen molar-refractivity contribution in [1.29, 1.82) is 0 Å². The van der Waals surface area contributed by atoms with Crippen LogP contribution in [0.4, 0.5) is 0 Å². The lowest BCUT2D eigenvalue weighted by Gasteiger charge is -2.13. The lowest BCUT2D eigenvalue weighted by molar-refractivity contribution is 0.0996. The molecule has 2 rings (SSSR count). The third kappa shape index (κ3) is 3.89. The van der Waals surface area contributed by atoms with E-state index in [0.29, 0.717) is 17.4 Å². The summed E-state index contributed by atoms with van der Waals surface area (Å²) in [6, 6.07) is 12.4. The number of hydrogen-bond donors (Lipinski definition) is 1. The Morgan fingerprint density at radius 1 is 1.14 bits per heavy atom. The van der Waals surface area contributed by atoms with E-state index in [0.717, 1.165) is 11.3 Å². The van der Waals surface area contributed by atoms with E-state index < -0.39 is 5.91 Å². The van der Waals surface area contributed by atoms with Crippen LogP contribution in [0.25, 0.3) is 0 Å². The summed E-state index contributed by atoms with van der Waals surface area (Å²) < 4.78 is 11.2. The molecule has 0 saturated heterocycles. The Bertz CT molecular complexity index is 643. The van der Waals surface area contributed by atoms with Gasteiger partial charge in [0.1, 0.15) is 18.1 Å². The van der Waals surface area contributed by atoms with E-state index in [1.54, 1.807) is 12.1 Å². The summed E-state index contributed by atoms with van der Waals surface area (Å²) in [4.78, 5) is 11.4. The fraction of sp³-hybridized carbons (Fsp3) is 0.188. The number of primary amides is 1. The minimum absolute atomic E-state index is 0.261. The van der Waals surface area contributed by atoms with E-state index in [1.807, 2.05) is 31.2 Å². The van der Waals surface area contributed by atoms with Crippen molar-refractivity contribution < 1.29 is 14.3 Å². The van der Waals surface area contributed by atoms with E-state index in [2.05, 4.69) is 0 Å². The lowest BCUT2D eigenvalue weighted by Crippen LogP contribution is -2.13. The molecule has 0 bridgehead atoms. The second-order valence-corrected chi connectivity index (χ2v) is 4.77. The van der Waals surface area contributed by atoms with Crippen LogP contribution in [0.3, 0.4) is 0 Å². The molecule has 2 N–H and O–H groups in total. The third-order valence-electron chi connectivity index (χ3n) is 2.86. The summed E-state index contributed by atoms with van der Waals surface area (Å²) in [6.45, 7) is 2.77. The summed E-state index contributed by atoms with van der Waals surface area (Å²) in [5.74, 6) is 0.582. The van der Waals surface area contributed by atoms with E-state index >= 15 is 0 Å². The monoisotopic (exact) mass is 305 g/mol. The molecule has 2 aromatic carbocycles. The lowest BCUT2D eigenvalue weighted by atomic mass is 10.2. The highest BCUT2D eigenvalue weighted by molar-refractivity contribution is 6.31. The average Bonchev–Trinajstić information content (AvgIpc) is 2.47. The van der Waals surface area contributed by atoms with Crippen LogP contribution in [0.5, 0.6) is 11.5 Å². The van der Waals surface area contributed by atoms with Crippen molar-refractivity contribution in [1.82, 2.24) is 0 Å². The fourth-order valence-electron chi connectivity index (χ4n) is 1.90. The highest BCUT2D eigenvalue weighted by Gasteiger charge is 2.11. The topological polar surface area (TPSA) is 61.6 Å². The summed E-state index contributed by atoms with van der Waals surface area (Å²) in [5, 5.41) is 0.436. The van der Waals surface area contributed by atoms with E-state index in [1.165, 1.54) is 6.07 Å². The van der Waals surface area contributed by atoms with Crippen molar-refractivity contribution in [3.63, 3.8) is 0 Å². The van der Waals surface area contributed by atoms with Crippen LogP contribution in [0.1, 0.15) is 22.8 Å². The zero-order chi connectivity index (χ0) is 15.2. The smallest absolute Gasteiger partial charge is 0.252 e. The molecule has 0 atom stereocenters. The van der Waals surface area contributed by atoms with Gasteiger partial charge in [0.05, 0.1) is 12.2 Å². The molecule has 110 valence electrons. The van der Waals surface area contributed by atoms with Crippen LogP contribution in [0.2, 0.25) is 5.02 Å². The van der Waals surface area contributed by atoms with Gasteiger partial charge >= 0.3 is 0 Å². The molecule has 0 unspecified atom stereocenters. The Labute approximate surface area is 128 Å². The predicted molar refractivity (Wildman–Crippen MR) is 81.9 cm³/mol. The van der Waals surface area contributed by atoms with Gasteiger partial charge in [-0.1, -0.05) is 29.8 Å². The Kier molecular flexibility index (Phi) is 5.06. The molecular formula is C16H16ClNO3. The molecule has 0 spiro atoms. The minimum Gasteiger partial charge on any atom is -0.493 e. The highest BCUT2D eigenvalue weighted by Crippen LogP contribution is 2.25. The predicted octanol–water partition coefficient (Wildman–Crippen LogP) is 3.42. The fourth-order valence-corrected chi connectivity index (χ4v) is 2.07. The second kappa shape index (κ2) is 6.99. The minimum atomic E-state index is -0.578. The summed E-state index contributed by atoms with van der Waals surface area (Å²) >= 11 is 5.86. The molecule has 5 heteroatoms. The number of hydrogen-bond acceptors (Lipinski definition) is 3. The zero-order valence-electron chi connectivity index (χ0n) is 11.6. The normalized spacial score (nSPS) is 10.2. The SMILES string of the molecule is CCOc1ccccc1COc1ccc(Cl)cc1C(N)=O. The van der Waals surface area contributed by atoms with Crippen LogP contribution < -0.4 is 15.2 Å². The maximum Gasteiger partial charge on any atom is 0.252 e. The maximum atomic E-state index is 11.4. The van der Waals surface area contributed by atoms with Crippen LogP contribution in [-0.4, -0.2) is 12.5 Å². The molecule has 1 amide bonds. The van der Waals surface area contributed by atoms with Crippen molar-refractivity contribution in [2.24, 2.45) is 5.73 Å². The van der Waals surface area contributed by atoms with Gasteiger partial charge in [-0.2, -0.15) is 0 Å². The average molecular weight is 306 g/mol. The number of rotatable bonds is 6. The Balaban J connectivity index is 2.19. The molecular weight excluding hydrogens is 290 g/mol.